The van der Waals surface area contributed by atoms with Gasteiger partial charge in [0.1, 0.15) is 5.54 Å². The Hall–Kier alpha value is -2.67. The van der Waals surface area contributed by atoms with Crippen LogP contribution in [0.25, 0.3) is 11.3 Å². The molecule has 1 heterocycles. The van der Waals surface area contributed by atoms with Crippen molar-refractivity contribution in [3.8, 4) is 11.3 Å². The Morgan fingerprint density at radius 2 is 2.04 bits per heavy atom. The summed E-state index contributed by atoms with van der Waals surface area (Å²) in [4.78, 5) is 24.6. The fourth-order valence-electron chi connectivity index (χ4n) is 3.42. The molecule has 2 aromatic rings. The van der Waals surface area contributed by atoms with Gasteiger partial charge in [0.05, 0.1) is 6.10 Å². The molecule has 1 aliphatic carbocycles. The van der Waals surface area contributed by atoms with Crippen LogP contribution in [0, 0.1) is 5.41 Å². The molecule has 1 saturated carbocycles. The third-order valence-electron chi connectivity index (χ3n) is 5.26. The van der Waals surface area contributed by atoms with Crippen LogP contribution in [0.4, 0.5) is 0 Å². The molecule has 1 aliphatic rings. The van der Waals surface area contributed by atoms with Crippen LogP contribution >= 0.6 is 0 Å². The number of ether oxygens (including phenoxy) is 1. The molecule has 0 spiro atoms. The second-order valence-electron chi connectivity index (χ2n) is 6.98. The molecule has 1 amide bonds. The number of aromatic nitrogens is 1. The monoisotopic (exact) mass is 358 g/mol. The molecule has 0 radical (unpaired) electrons. The van der Waals surface area contributed by atoms with E-state index in [0.29, 0.717) is 12.4 Å². The number of rotatable bonds is 6. The molecule has 7 nitrogen and oxygen atoms in total. The fraction of sp³-hybridized carbons (Fsp3) is 0.421. The second-order valence-corrected chi connectivity index (χ2v) is 6.98. The first-order valence-corrected chi connectivity index (χ1v) is 8.51. The van der Waals surface area contributed by atoms with Crippen LogP contribution in [0.1, 0.15) is 37.7 Å². The van der Waals surface area contributed by atoms with Crippen molar-refractivity contribution in [2.24, 2.45) is 5.41 Å². The molecular weight excluding hydrogens is 336 g/mol. The topological polar surface area (TPSA) is 102 Å². The third-order valence-corrected chi connectivity index (χ3v) is 5.26. The summed E-state index contributed by atoms with van der Waals surface area (Å²) >= 11 is 0. The maximum absolute atomic E-state index is 12.6. The van der Waals surface area contributed by atoms with Gasteiger partial charge in [0.25, 0.3) is 5.91 Å². The van der Waals surface area contributed by atoms with E-state index in [4.69, 9.17) is 9.26 Å². The standard InChI is InChI=1S/C19H22N2O5/c1-4-25-15-11-19(17(23)24,18(15,2)3)20-16(22)13-10-14(26-21-13)12-8-6-5-7-9-12/h5-10,15H,4,11H2,1-3H3,(H,20,22)(H,23,24). The number of hydrogen-bond acceptors (Lipinski definition) is 5. The summed E-state index contributed by atoms with van der Waals surface area (Å²) in [6.45, 7) is 5.91. The van der Waals surface area contributed by atoms with Gasteiger partial charge < -0.3 is 19.7 Å². The minimum atomic E-state index is -1.41. The number of benzene rings is 1. The quantitative estimate of drug-likeness (QED) is 0.823. The van der Waals surface area contributed by atoms with Gasteiger partial charge in [0, 0.05) is 30.1 Å². The molecule has 1 fully saturated rings. The zero-order valence-corrected chi connectivity index (χ0v) is 15.0. The second kappa shape index (κ2) is 6.57. The molecule has 1 aromatic carbocycles. The SMILES string of the molecule is CCOC1CC(NC(=O)c2cc(-c3ccccc3)on2)(C(=O)O)C1(C)C. The lowest BCUT2D eigenvalue weighted by Gasteiger charge is -2.58. The average molecular weight is 358 g/mol. The van der Waals surface area contributed by atoms with Crippen molar-refractivity contribution in [2.75, 3.05) is 6.61 Å². The molecule has 2 unspecified atom stereocenters. The zero-order chi connectivity index (χ0) is 18.9. The Bertz CT molecular complexity index is 814. The molecule has 0 bridgehead atoms. The largest absolute Gasteiger partial charge is 0.479 e. The molecule has 7 heteroatoms. The van der Waals surface area contributed by atoms with Gasteiger partial charge in [-0.3, -0.25) is 4.79 Å². The number of nitrogens with one attached hydrogen (secondary N) is 1. The predicted octanol–water partition coefficient (Wildman–Crippen LogP) is 2.73. The highest BCUT2D eigenvalue weighted by Gasteiger charge is 2.66. The van der Waals surface area contributed by atoms with Crippen LogP contribution < -0.4 is 5.32 Å². The summed E-state index contributed by atoms with van der Waals surface area (Å²) in [6, 6.07) is 10.7. The van der Waals surface area contributed by atoms with E-state index in [1.54, 1.807) is 13.8 Å². The van der Waals surface area contributed by atoms with Gasteiger partial charge in [0.2, 0.25) is 0 Å². The lowest BCUT2D eigenvalue weighted by molar-refractivity contribution is -0.190. The first kappa shape index (κ1) is 18.1. The number of carbonyl (C=O) groups excluding carboxylic acids is 1. The van der Waals surface area contributed by atoms with Crippen molar-refractivity contribution in [2.45, 2.75) is 38.8 Å². The molecule has 3 rings (SSSR count). The summed E-state index contributed by atoms with van der Waals surface area (Å²) in [5.41, 5.74) is -1.33. The smallest absolute Gasteiger partial charge is 0.330 e. The molecule has 2 N–H and O–H groups in total. The number of carboxylic acids is 1. The van der Waals surface area contributed by atoms with E-state index in [9.17, 15) is 14.7 Å². The first-order chi connectivity index (χ1) is 12.3. The summed E-state index contributed by atoms with van der Waals surface area (Å²) in [6.07, 6.45) is -0.0284. The van der Waals surface area contributed by atoms with Gasteiger partial charge in [-0.25, -0.2) is 4.79 Å². The number of hydrogen-bond donors (Lipinski definition) is 2. The van der Waals surface area contributed by atoms with E-state index in [1.165, 1.54) is 6.07 Å². The van der Waals surface area contributed by atoms with E-state index in [-0.39, 0.29) is 18.2 Å². The van der Waals surface area contributed by atoms with Gasteiger partial charge in [0.15, 0.2) is 11.5 Å². The molecule has 138 valence electrons. The van der Waals surface area contributed by atoms with Crippen LogP contribution in [0.5, 0.6) is 0 Å². The summed E-state index contributed by atoms with van der Waals surface area (Å²) < 4.78 is 10.8. The van der Waals surface area contributed by atoms with E-state index >= 15 is 0 Å². The van der Waals surface area contributed by atoms with Crippen molar-refractivity contribution in [1.82, 2.24) is 10.5 Å². The van der Waals surface area contributed by atoms with E-state index in [2.05, 4.69) is 10.5 Å². The maximum atomic E-state index is 12.6. The van der Waals surface area contributed by atoms with Gasteiger partial charge in [-0.1, -0.05) is 49.3 Å². The highest BCUT2D eigenvalue weighted by Crippen LogP contribution is 2.51. The lowest BCUT2D eigenvalue weighted by atomic mass is 9.54. The van der Waals surface area contributed by atoms with E-state index < -0.39 is 22.8 Å². The number of carbonyl (C=O) groups is 2. The summed E-state index contributed by atoms with van der Waals surface area (Å²) in [5.74, 6) is -1.22. The first-order valence-electron chi connectivity index (χ1n) is 8.51. The van der Waals surface area contributed by atoms with E-state index in [0.717, 1.165) is 5.56 Å². The van der Waals surface area contributed by atoms with Gasteiger partial charge >= 0.3 is 5.97 Å². The van der Waals surface area contributed by atoms with Gasteiger partial charge in [-0.2, -0.15) is 0 Å². The molecule has 0 saturated heterocycles. The molecule has 0 aliphatic heterocycles. The lowest BCUT2D eigenvalue weighted by Crippen LogP contribution is -2.76. The Balaban J connectivity index is 1.80. The van der Waals surface area contributed by atoms with E-state index in [1.807, 2.05) is 37.3 Å². The molecule has 1 aromatic heterocycles. The van der Waals surface area contributed by atoms with Crippen molar-refractivity contribution in [3.63, 3.8) is 0 Å². The van der Waals surface area contributed by atoms with Crippen molar-refractivity contribution >= 4 is 11.9 Å². The third kappa shape index (κ3) is 2.78. The van der Waals surface area contributed by atoms with Crippen molar-refractivity contribution in [1.29, 1.82) is 0 Å². The predicted molar refractivity (Wildman–Crippen MR) is 93.6 cm³/mol. The van der Waals surface area contributed by atoms with Crippen LogP contribution in [-0.4, -0.2) is 40.4 Å². The molecule has 26 heavy (non-hydrogen) atoms. The van der Waals surface area contributed by atoms with Crippen LogP contribution in [0.2, 0.25) is 0 Å². The number of amides is 1. The Morgan fingerprint density at radius 1 is 1.35 bits per heavy atom. The van der Waals surface area contributed by atoms with Crippen LogP contribution in [0.15, 0.2) is 40.9 Å². The minimum Gasteiger partial charge on any atom is -0.479 e. The zero-order valence-electron chi connectivity index (χ0n) is 15.0. The van der Waals surface area contributed by atoms with Gasteiger partial charge in [-0.05, 0) is 6.92 Å². The molecular formula is C19H22N2O5. The number of carboxylic acid groups (broad SMARTS) is 1. The van der Waals surface area contributed by atoms with Crippen LogP contribution in [-0.2, 0) is 9.53 Å². The number of nitrogens with zero attached hydrogens (tertiary/aromatic N) is 1. The summed E-state index contributed by atoms with van der Waals surface area (Å²) in [7, 11) is 0. The minimum absolute atomic E-state index is 0.0418. The Kier molecular flexibility index (Phi) is 4.58. The van der Waals surface area contributed by atoms with Crippen molar-refractivity contribution in [3.05, 3.63) is 42.1 Å². The van der Waals surface area contributed by atoms with Gasteiger partial charge in [-0.15, -0.1) is 0 Å². The highest BCUT2D eigenvalue weighted by molar-refractivity contribution is 5.98. The summed E-state index contributed by atoms with van der Waals surface area (Å²) in [5, 5.41) is 16.2. The maximum Gasteiger partial charge on any atom is 0.330 e. The fourth-order valence-corrected chi connectivity index (χ4v) is 3.42. The van der Waals surface area contributed by atoms with Crippen molar-refractivity contribution < 1.29 is 24.0 Å². The number of aliphatic carboxylic acids is 1. The normalized spacial score (nSPS) is 23.9. The highest BCUT2D eigenvalue weighted by atomic mass is 16.5. The Morgan fingerprint density at radius 3 is 2.62 bits per heavy atom. The van der Waals surface area contributed by atoms with Crippen LogP contribution in [0.3, 0.4) is 0 Å². The molecule has 2 atom stereocenters. The average Bonchev–Trinajstić information content (AvgIpc) is 3.11. The Labute approximate surface area is 151 Å².